The monoisotopic (exact) mass is 678 g/mol. The lowest BCUT2D eigenvalue weighted by Crippen LogP contribution is -2.46. The van der Waals surface area contributed by atoms with E-state index in [-0.39, 0.29) is 63.9 Å². The lowest BCUT2D eigenvalue weighted by atomic mass is 9.96. The Labute approximate surface area is 282 Å². The maximum absolute atomic E-state index is 15.9. The second-order valence-corrected chi connectivity index (χ2v) is 13.2. The van der Waals surface area contributed by atoms with E-state index in [0.29, 0.717) is 48.9 Å². The Balaban J connectivity index is 1.17. The highest BCUT2D eigenvalue weighted by Gasteiger charge is 2.40. The standard InChI is InChI=1S/C35H33Cl2FN4O5/c1-45-35(44)27-13-30(38)26(14-31(27)42-22-5-6-23(42)18-46-17-22)25-4-2-3-21-16-41(19-47-33(21)25)34(43)32-28(36)11-24(12-29(32)37)40-9-7-20(15-39)8-10-40/h2-4,11-14,20,22-23H,5-10,16-19H2,1H3. The van der Waals surface area contributed by atoms with Crippen LogP contribution in [0.15, 0.2) is 42.5 Å². The van der Waals surface area contributed by atoms with Crippen LogP contribution in [0.5, 0.6) is 5.75 Å². The van der Waals surface area contributed by atoms with Gasteiger partial charge in [-0.05, 0) is 49.9 Å². The summed E-state index contributed by atoms with van der Waals surface area (Å²) in [6, 6.07) is 14.3. The summed E-state index contributed by atoms with van der Waals surface area (Å²) in [6.07, 6.45) is 3.36. The number of piperidine rings is 1. The van der Waals surface area contributed by atoms with Gasteiger partial charge in [-0.2, -0.15) is 5.26 Å². The van der Waals surface area contributed by atoms with Crippen molar-refractivity contribution >= 4 is 46.5 Å². The lowest BCUT2D eigenvalue weighted by Gasteiger charge is -2.38. The van der Waals surface area contributed by atoms with Crippen LogP contribution in [0.2, 0.25) is 10.0 Å². The Morgan fingerprint density at radius 1 is 1.00 bits per heavy atom. The number of esters is 1. The molecule has 4 aliphatic rings. The van der Waals surface area contributed by atoms with E-state index in [9.17, 15) is 14.9 Å². The number of nitrogens with zero attached hydrogens (tertiary/aromatic N) is 4. The Morgan fingerprint density at radius 2 is 1.70 bits per heavy atom. The minimum absolute atomic E-state index is 0.0400. The van der Waals surface area contributed by atoms with E-state index in [2.05, 4.69) is 15.9 Å². The van der Waals surface area contributed by atoms with Gasteiger partial charge in [-0.25, -0.2) is 9.18 Å². The van der Waals surface area contributed by atoms with Crippen molar-refractivity contribution in [2.24, 2.45) is 5.92 Å². The van der Waals surface area contributed by atoms with Crippen LogP contribution in [-0.4, -0.2) is 69.0 Å². The third kappa shape index (κ3) is 5.75. The van der Waals surface area contributed by atoms with Crippen LogP contribution >= 0.6 is 23.2 Å². The first-order valence-corrected chi connectivity index (χ1v) is 16.5. The largest absolute Gasteiger partial charge is 0.472 e. The van der Waals surface area contributed by atoms with E-state index in [1.807, 2.05) is 6.07 Å². The van der Waals surface area contributed by atoms with Crippen molar-refractivity contribution in [3.05, 3.63) is 75.0 Å². The van der Waals surface area contributed by atoms with Gasteiger partial charge in [0.25, 0.3) is 5.91 Å². The topological polar surface area (TPSA) is 95.3 Å². The number of ether oxygens (including phenoxy) is 3. The predicted octanol–water partition coefficient (Wildman–Crippen LogP) is 6.69. The second kappa shape index (κ2) is 12.9. The summed E-state index contributed by atoms with van der Waals surface area (Å²) < 4.78 is 32.8. The van der Waals surface area contributed by atoms with Crippen LogP contribution in [-0.2, 0) is 16.0 Å². The molecule has 0 spiro atoms. The van der Waals surface area contributed by atoms with Crippen molar-refractivity contribution in [1.82, 2.24) is 4.90 Å². The zero-order chi connectivity index (χ0) is 32.8. The van der Waals surface area contributed by atoms with E-state index in [4.69, 9.17) is 37.4 Å². The molecule has 4 aliphatic heterocycles. The second-order valence-electron chi connectivity index (χ2n) is 12.4. The van der Waals surface area contributed by atoms with Crippen molar-refractivity contribution in [3.63, 3.8) is 0 Å². The molecule has 3 saturated heterocycles. The minimum atomic E-state index is -0.606. The van der Waals surface area contributed by atoms with Gasteiger partial charge in [0.2, 0.25) is 0 Å². The van der Waals surface area contributed by atoms with Gasteiger partial charge in [-0.1, -0.05) is 41.4 Å². The number of carbonyl (C=O) groups is 2. The summed E-state index contributed by atoms with van der Waals surface area (Å²) in [6.45, 7) is 2.59. The summed E-state index contributed by atoms with van der Waals surface area (Å²) in [5.41, 5.74) is 3.26. The fourth-order valence-corrected chi connectivity index (χ4v) is 7.90. The van der Waals surface area contributed by atoms with Crippen LogP contribution in [0.1, 0.15) is 52.0 Å². The molecule has 0 N–H and O–H groups in total. The molecule has 2 unspecified atom stereocenters. The fraction of sp³-hybridized carbons (Fsp3) is 0.400. The van der Waals surface area contributed by atoms with Gasteiger partial charge < -0.3 is 28.9 Å². The zero-order valence-corrected chi connectivity index (χ0v) is 27.3. The highest BCUT2D eigenvalue weighted by atomic mass is 35.5. The number of benzene rings is 3. The molecule has 9 nitrogen and oxygen atoms in total. The molecule has 1 amide bonds. The van der Waals surface area contributed by atoms with Crippen LogP contribution < -0.4 is 14.5 Å². The number of hydrogen-bond acceptors (Lipinski definition) is 8. The Hall–Kier alpha value is -4.04. The Kier molecular flexibility index (Phi) is 8.64. The molecule has 3 aromatic rings. The van der Waals surface area contributed by atoms with E-state index in [1.165, 1.54) is 18.1 Å². The third-order valence-corrected chi connectivity index (χ3v) is 10.3. The van der Waals surface area contributed by atoms with Gasteiger partial charge in [0.05, 0.1) is 71.9 Å². The molecule has 0 aliphatic carbocycles. The third-order valence-electron chi connectivity index (χ3n) is 9.69. The molecule has 3 aromatic carbocycles. The maximum atomic E-state index is 15.9. The van der Waals surface area contributed by atoms with Crippen molar-refractivity contribution in [2.45, 2.75) is 44.3 Å². The molecule has 244 valence electrons. The lowest BCUT2D eigenvalue weighted by molar-refractivity contribution is 0.0515. The van der Waals surface area contributed by atoms with E-state index in [1.54, 1.807) is 30.3 Å². The first-order valence-electron chi connectivity index (χ1n) is 15.7. The molecular weight excluding hydrogens is 646 g/mol. The van der Waals surface area contributed by atoms with Crippen molar-refractivity contribution < 1.29 is 28.2 Å². The maximum Gasteiger partial charge on any atom is 0.340 e. The summed E-state index contributed by atoms with van der Waals surface area (Å²) in [5, 5.41) is 9.69. The number of methoxy groups -OCH3 is 1. The summed E-state index contributed by atoms with van der Waals surface area (Å²) in [7, 11) is 1.29. The number of nitriles is 1. The van der Waals surface area contributed by atoms with E-state index < -0.39 is 11.8 Å². The number of carbonyl (C=O) groups excluding carboxylic acids is 2. The number of fused-ring (bicyclic) bond motifs is 3. The first kappa shape index (κ1) is 31.6. The molecular formula is C35H33Cl2FN4O5. The molecule has 47 heavy (non-hydrogen) atoms. The number of hydrogen-bond donors (Lipinski definition) is 0. The molecule has 4 heterocycles. The highest BCUT2D eigenvalue weighted by Crippen LogP contribution is 2.43. The smallest absolute Gasteiger partial charge is 0.340 e. The van der Waals surface area contributed by atoms with Gasteiger partial charge in [-0.3, -0.25) is 4.79 Å². The number of morpholine rings is 1. The summed E-state index contributed by atoms with van der Waals surface area (Å²) in [5.74, 6) is -1.07. The van der Waals surface area contributed by atoms with Gasteiger partial charge >= 0.3 is 5.97 Å². The minimum Gasteiger partial charge on any atom is -0.472 e. The SMILES string of the molecule is COC(=O)c1cc(F)c(-c2cccc3c2OCN(C(=O)c2c(Cl)cc(N4CCC(C#N)CC4)cc2Cl)C3)cc1N1C2CCC1COC2. The molecule has 3 fully saturated rings. The van der Waals surface area contributed by atoms with Crippen molar-refractivity contribution in [2.75, 3.05) is 49.9 Å². The molecule has 2 bridgehead atoms. The number of rotatable bonds is 5. The molecule has 0 saturated carbocycles. The molecule has 7 rings (SSSR count). The van der Waals surface area contributed by atoms with Gasteiger partial charge in [0.15, 0.2) is 6.73 Å². The average Bonchev–Trinajstić information content (AvgIpc) is 3.33. The van der Waals surface area contributed by atoms with E-state index >= 15 is 4.39 Å². The van der Waals surface area contributed by atoms with Gasteiger partial charge in [-0.15, -0.1) is 0 Å². The predicted molar refractivity (Wildman–Crippen MR) is 176 cm³/mol. The first-order chi connectivity index (χ1) is 22.8. The molecule has 0 aromatic heterocycles. The Bertz CT molecular complexity index is 1750. The number of anilines is 2. The molecule has 2 atom stereocenters. The quantitative estimate of drug-likeness (QED) is 0.276. The molecule has 0 radical (unpaired) electrons. The normalized spacial score (nSPS) is 20.8. The fourth-order valence-electron chi connectivity index (χ4n) is 7.26. The van der Waals surface area contributed by atoms with Crippen LogP contribution in [0.25, 0.3) is 11.1 Å². The van der Waals surface area contributed by atoms with Crippen LogP contribution in [0.3, 0.4) is 0 Å². The number of amides is 1. The highest BCUT2D eigenvalue weighted by molar-refractivity contribution is 6.40. The van der Waals surface area contributed by atoms with Crippen LogP contribution in [0.4, 0.5) is 15.8 Å². The van der Waals surface area contributed by atoms with Crippen LogP contribution in [0, 0.1) is 23.1 Å². The van der Waals surface area contributed by atoms with Crippen molar-refractivity contribution in [3.8, 4) is 22.9 Å². The summed E-state index contributed by atoms with van der Waals surface area (Å²) in [4.78, 5) is 32.3. The number of halogens is 3. The Morgan fingerprint density at radius 3 is 2.36 bits per heavy atom. The summed E-state index contributed by atoms with van der Waals surface area (Å²) >= 11 is 13.3. The van der Waals surface area contributed by atoms with Crippen molar-refractivity contribution in [1.29, 1.82) is 5.26 Å². The van der Waals surface area contributed by atoms with Gasteiger partial charge in [0.1, 0.15) is 11.6 Å². The number of para-hydroxylation sites is 1. The average molecular weight is 680 g/mol. The van der Waals surface area contributed by atoms with E-state index in [0.717, 1.165) is 31.4 Å². The van der Waals surface area contributed by atoms with Gasteiger partial charge in [0, 0.05) is 41.4 Å². The zero-order valence-electron chi connectivity index (χ0n) is 25.8. The molecule has 12 heteroatoms.